The van der Waals surface area contributed by atoms with Crippen molar-refractivity contribution in [2.75, 3.05) is 19.0 Å². The molecule has 0 unspecified atom stereocenters. The molecule has 1 aliphatic heterocycles. The van der Waals surface area contributed by atoms with Crippen LogP contribution >= 0.6 is 11.6 Å². The summed E-state index contributed by atoms with van der Waals surface area (Å²) in [6.45, 7) is 2.37. The maximum absolute atomic E-state index is 13.3. The van der Waals surface area contributed by atoms with E-state index in [-0.39, 0.29) is 22.3 Å². The van der Waals surface area contributed by atoms with Crippen molar-refractivity contribution in [2.45, 2.75) is 37.1 Å². The lowest BCUT2D eigenvalue weighted by atomic mass is 10.1. The first kappa shape index (κ1) is 20.6. The van der Waals surface area contributed by atoms with Crippen molar-refractivity contribution in [1.29, 1.82) is 0 Å². The van der Waals surface area contributed by atoms with E-state index >= 15 is 0 Å². The Morgan fingerprint density at radius 1 is 1.21 bits per heavy atom. The van der Waals surface area contributed by atoms with E-state index in [1.54, 1.807) is 24.3 Å². The molecule has 0 radical (unpaired) electrons. The van der Waals surface area contributed by atoms with E-state index in [9.17, 15) is 13.2 Å². The monoisotopic (exact) mass is 422 g/mol. The van der Waals surface area contributed by atoms with Crippen LogP contribution in [0.25, 0.3) is 0 Å². The van der Waals surface area contributed by atoms with Gasteiger partial charge in [0.15, 0.2) is 0 Å². The van der Waals surface area contributed by atoms with E-state index in [2.05, 4.69) is 5.32 Å². The molecular formula is C20H23ClN2O4S. The van der Waals surface area contributed by atoms with Crippen LogP contribution in [0.2, 0.25) is 5.02 Å². The standard InChI is InChI=1S/C20H23ClN2O4S/c1-14-6-3-4-11-23(14)28(25,26)19-12-15(9-10-18(19)27-2)20(24)22-17-8-5-7-16(21)13-17/h5,7-10,12-14H,3-4,6,11H2,1-2H3,(H,22,24)/t14-/m1/s1. The molecule has 8 heteroatoms. The van der Waals surface area contributed by atoms with Gasteiger partial charge < -0.3 is 10.1 Å². The van der Waals surface area contributed by atoms with Crippen LogP contribution in [-0.4, -0.2) is 38.3 Å². The zero-order valence-electron chi connectivity index (χ0n) is 15.8. The normalized spacial score (nSPS) is 17.9. The molecule has 1 heterocycles. The summed E-state index contributed by atoms with van der Waals surface area (Å²) >= 11 is 5.95. The number of sulfonamides is 1. The van der Waals surface area contributed by atoms with Crippen molar-refractivity contribution >= 4 is 33.2 Å². The molecule has 1 N–H and O–H groups in total. The van der Waals surface area contributed by atoms with Crippen molar-refractivity contribution in [2.24, 2.45) is 0 Å². The van der Waals surface area contributed by atoms with Gasteiger partial charge in [-0.25, -0.2) is 8.42 Å². The molecule has 0 bridgehead atoms. The molecule has 1 fully saturated rings. The van der Waals surface area contributed by atoms with Gasteiger partial charge in [0.05, 0.1) is 7.11 Å². The number of nitrogens with one attached hydrogen (secondary N) is 1. The van der Waals surface area contributed by atoms with E-state index < -0.39 is 15.9 Å². The zero-order valence-corrected chi connectivity index (χ0v) is 17.4. The largest absolute Gasteiger partial charge is 0.495 e. The highest BCUT2D eigenvalue weighted by molar-refractivity contribution is 7.89. The number of carbonyl (C=O) groups excluding carboxylic acids is 1. The number of methoxy groups -OCH3 is 1. The lowest BCUT2D eigenvalue weighted by molar-refractivity contribution is 0.102. The number of hydrogen-bond acceptors (Lipinski definition) is 4. The Morgan fingerprint density at radius 2 is 2.00 bits per heavy atom. The number of anilines is 1. The van der Waals surface area contributed by atoms with Crippen LogP contribution in [0.5, 0.6) is 5.75 Å². The molecule has 1 atom stereocenters. The predicted octanol–water partition coefficient (Wildman–Crippen LogP) is 4.16. The fraction of sp³-hybridized carbons (Fsp3) is 0.350. The smallest absolute Gasteiger partial charge is 0.255 e. The van der Waals surface area contributed by atoms with Gasteiger partial charge in [-0.1, -0.05) is 24.1 Å². The number of rotatable bonds is 5. The Bertz CT molecular complexity index is 978. The molecule has 0 aromatic heterocycles. The third-order valence-corrected chi connectivity index (χ3v) is 7.11. The van der Waals surface area contributed by atoms with Crippen molar-refractivity contribution in [3.8, 4) is 5.75 Å². The summed E-state index contributed by atoms with van der Waals surface area (Å²) in [6.07, 6.45) is 2.64. The summed E-state index contributed by atoms with van der Waals surface area (Å²) in [7, 11) is -2.37. The molecular weight excluding hydrogens is 400 g/mol. The van der Waals surface area contributed by atoms with Crippen LogP contribution < -0.4 is 10.1 Å². The van der Waals surface area contributed by atoms with E-state index in [1.165, 1.54) is 29.6 Å². The average molecular weight is 423 g/mol. The Morgan fingerprint density at radius 3 is 2.68 bits per heavy atom. The minimum Gasteiger partial charge on any atom is -0.495 e. The lowest BCUT2D eigenvalue weighted by Gasteiger charge is -2.32. The molecule has 1 saturated heterocycles. The molecule has 6 nitrogen and oxygen atoms in total. The molecule has 0 aliphatic carbocycles. The maximum Gasteiger partial charge on any atom is 0.255 e. The summed E-state index contributed by atoms with van der Waals surface area (Å²) in [6, 6.07) is 11.1. The first-order valence-electron chi connectivity index (χ1n) is 9.09. The number of nitrogens with zero attached hydrogens (tertiary/aromatic N) is 1. The fourth-order valence-corrected chi connectivity index (χ4v) is 5.42. The van der Waals surface area contributed by atoms with Gasteiger partial charge in [0.25, 0.3) is 5.91 Å². The molecule has 2 aromatic rings. The van der Waals surface area contributed by atoms with E-state index in [0.29, 0.717) is 17.3 Å². The minimum atomic E-state index is -3.78. The average Bonchev–Trinajstić information content (AvgIpc) is 2.67. The second-order valence-electron chi connectivity index (χ2n) is 6.79. The van der Waals surface area contributed by atoms with E-state index in [1.807, 2.05) is 6.92 Å². The Kier molecular flexibility index (Phi) is 6.27. The van der Waals surface area contributed by atoms with Crippen LogP contribution in [-0.2, 0) is 10.0 Å². The first-order chi connectivity index (χ1) is 13.3. The maximum atomic E-state index is 13.3. The Labute approximate surface area is 170 Å². The number of carbonyl (C=O) groups is 1. The highest BCUT2D eigenvalue weighted by Crippen LogP contribution is 2.32. The van der Waals surface area contributed by atoms with Crippen LogP contribution in [0.1, 0.15) is 36.5 Å². The predicted molar refractivity (Wildman–Crippen MR) is 110 cm³/mol. The minimum absolute atomic E-state index is 0.00231. The summed E-state index contributed by atoms with van der Waals surface area (Å²) < 4.78 is 33.3. The molecule has 1 aliphatic rings. The van der Waals surface area contributed by atoms with Crippen LogP contribution in [0.3, 0.4) is 0 Å². The van der Waals surface area contributed by atoms with Gasteiger partial charge in [0.1, 0.15) is 10.6 Å². The number of amides is 1. The van der Waals surface area contributed by atoms with Gasteiger partial charge in [-0.05, 0) is 56.2 Å². The molecule has 0 spiro atoms. The quantitative estimate of drug-likeness (QED) is 0.784. The third-order valence-electron chi connectivity index (χ3n) is 4.84. The molecule has 1 amide bonds. The topological polar surface area (TPSA) is 75.7 Å². The van der Waals surface area contributed by atoms with Gasteiger partial charge in [0.2, 0.25) is 10.0 Å². The molecule has 0 saturated carbocycles. The second kappa shape index (κ2) is 8.51. The third kappa shape index (κ3) is 4.32. The Hall–Kier alpha value is -2.09. The molecule has 2 aromatic carbocycles. The van der Waals surface area contributed by atoms with Crippen LogP contribution in [0.4, 0.5) is 5.69 Å². The summed E-state index contributed by atoms with van der Waals surface area (Å²) in [5, 5.41) is 3.23. The van der Waals surface area contributed by atoms with Crippen molar-refractivity contribution in [1.82, 2.24) is 4.31 Å². The Balaban J connectivity index is 1.94. The summed E-state index contributed by atoms with van der Waals surface area (Å²) in [5.41, 5.74) is 0.756. The van der Waals surface area contributed by atoms with Crippen molar-refractivity contribution in [3.05, 3.63) is 53.1 Å². The zero-order chi connectivity index (χ0) is 20.3. The van der Waals surface area contributed by atoms with Gasteiger partial charge >= 0.3 is 0 Å². The summed E-state index contributed by atoms with van der Waals surface area (Å²) in [5.74, 6) is -0.204. The van der Waals surface area contributed by atoms with Crippen LogP contribution in [0.15, 0.2) is 47.4 Å². The first-order valence-corrected chi connectivity index (χ1v) is 10.9. The second-order valence-corrected chi connectivity index (χ2v) is 9.09. The van der Waals surface area contributed by atoms with Gasteiger partial charge in [-0.15, -0.1) is 0 Å². The number of benzene rings is 2. The number of ether oxygens (including phenoxy) is 1. The van der Waals surface area contributed by atoms with E-state index in [4.69, 9.17) is 16.3 Å². The SMILES string of the molecule is COc1ccc(C(=O)Nc2cccc(Cl)c2)cc1S(=O)(=O)N1CCCC[C@H]1C. The highest BCUT2D eigenvalue weighted by atomic mass is 35.5. The molecule has 150 valence electrons. The molecule has 28 heavy (non-hydrogen) atoms. The summed E-state index contributed by atoms with van der Waals surface area (Å²) in [4.78, 5) is 12.6. The van der Waals surface area contributed by atoms with Crippen molar-refractivity contribution < 1.29 is 17.9 Å². The van der Waals surface area contributed by atoms with Crippen LogP contribution in [0, 0.1) is 0 Å². The van der Waals surface area contributed by atoms with Gasteiger partial charge in [-0.2, -0.15) is 4.31 Å². The van der Waals surface area contributed by atoms with Gasteiger partial charge in [0, 0.05) is 28.9 Å². The lowest BCUT2D eigenvalue weighted by Crippen LogP contribution is -2.42. The van der Waals surface area contributed by atoms with Gasteiger partial charge in [-0.3, -0.25) is 4.79 Å². The number of hydrogen-bond donors (Lipinski definition) is 1. The van der Waals surface area contributed by atoms with Crippen molar-refractivity contribution in [3.63, 3.8) is 0 Å². The number of halogens is 1. The number of piperidine rings is 1. The molecule has 3 rings (SSSR count). The highest BCUT2D eigenvalue weighted by Gasteiger charge is 2.33. The fourth-order valence-electron chi connectivity index (χ4n) is 3.34. The van der Waals surface area contributed by atoms with E-state index in [0.717, 1.165) is 19.3 Å².